The molecule has 0 unspecified atom stereocenters. The average Bonchev–Trinajstić information content (AvgIpc) is 2.63. The first-order valence-electron chi connectivity index (χ1n) is 4.85. The van der Waals surface area contributed by atoms with Gasteiger partial charge >= 0.3 is 0 Å². The predicted molar refractivity (Wildman–Crippen MR) is 59.0 cm³/mol. The molecule has 0 aromatic carbocycles. The molecule has 0 atom stereocenters. The van der Waals surface area contributed by atoms with E-state index in [0.717, 1.165) is 0 Å². The Morgan fingerprint density at radius 1 is 0.667 bits per heavy atom. The molecule has 2 saturated heterocycles. The first kappa shape index (κ1) is 10.9. The van der Waals surface area contributed by atoms with Crippen LogP contribution in [0.1, 0.15) is 0 Å². The number of alkyl halides is 2. The third-order valence-electron chi connectivity index (χ3n) is 3.78. The second kappa shape index (κ2) is 3.40. The van der Waals surface area contributed by atoms with Crippen LogP contribution in [-0.4, -0.2) is 43.2 Å². The zero-order valence-corrected chi connectivity index (χ0v) is 11.3. The normalized spacial score (nSPS) is 35.6. The summed E-state index contributed by atoms with van der Waals surface area (Å²) in [4.78, 5) is 0. The highest BCUT2D eigenvalue weighted by atomic mass is 79.9. The minimum atomic E-state index is -0.194. The Labute approximate surface area is 105 Å². The van der Waals surface area contributed by atoms with Crippen LogP contribution in [0.2, 0.25) is 0 Å². The minimum absolute atomic E-state index is 0.0708. The lowest BCUT2D eigenvalue weighted by Gasteiger charge is -2.30. The maximum Gasteiger partial charge on any atom is 0.146 e. The number of fused-ring (bicyclic) bond motifs is 1. The van der Waals surface area contributed by atoms with Crippen molar-refractivity contribution in [1.29, 1.82) is 0 Å². The van der Waals surface area contributed by atoms with Gasteiger partial charge in [-0.2, -0.15) is 0 Å². The van der Waals surface area contributed by atoms with Gasteiger partial charge in [0.1, 0.15) is 16.8 Å². The predicted octanol–water partition coefficient (Wildman–Crippen LogP) is 1.47. The number of halogens is 2. The summed E-state index contributed by atoms with van der Waals surface area (Å²) in [7, 11) is 0. The fourth-order valence-corrected chi connectivity index (χ4v) is 4.96. The van der Waals surface area contributed by atoms with Crippen molar-refractivity contribution < 1.29 is 18.9 Å². The van der Waals surface area contributed by atoms with E-state index in [2.05, 4.69) is 31.9 Å². The average molecular weight is 344 g/mol. The van der Waals surface area contributed by atoms with Crippen molar-refractivity contribution >= 4 is 31.9 Å². The molecule has 0 aromatic heterocycles. The van der Waals surface area contributed by atoms with Crippen LogP contribution >= 0.6 is 31.9 Å². The van der Waals surface area contributed by atoms with Crippen molar-refractivity contribution in [2.45, 2.75) is 3.23 Å². The summed E-state index contributed by atoms with van der Waals surface area (Å²) in [6, 6.07) is 0. The van der Waals surface area contributed by atoms with Gasteiger partial charge in [0, 0.05) is 0 Å². The summed E-state index contributed by atoms with van der Waals surface area (Å²) < 4.78 is 21.5. The van der Waals surface area contributed by atoms with Gasteiger partial charge in [0.05, 0.1) is 37.3 Å². The molecule has 2 spiro atoms. The van der Waals surface area contributed by atoms with Gasteiger partial charge in [0.15, 0.2) is 0 Å². The van der Waals surface area contributed by atoms with E-state index in [9.17, 15) is 0 Å². The number of ether oxygens (including phenoxy) is 4. The van der Waals surface area contributed by atoms with Gasteiger partial charge in [-0.25, -0.2) is 0 Å². The van der Waals surface area contributed by atoms with E-state index in [4.69, 9.17) is 18.9 Å². The molecule has 86 valence electrons. The van der Waals surface area contributed by atoms with Crippen molar-refractivity contribution in [3.05, 3.63) is 0 Å². The van der Waals surface area contributed by atoms with Crippen LogP contribution in [0.4, 0.5) is 0 Å². The van der Waals surface area contributed by atoms with Crippen LogP contribution in [0, 0.1) is 10.8 Å². The third kappa shape index (κ3) is 1.16. The summed E-state index contributed by atoms with van der Waals surface area (Å²) in [5, 5.41) is 0. The van der Waals surface area contributed by atoms with Crippen molar-refractivity contribution in [1.82, 2.24) is 0 Å². The van der Waals surface area contributed by atoms with E-state index in [1.54, 1.807) is 0 Å². The highest BCUT2D eigenvalue weighted by Crippen LogP contribution is 2.80. The Kier molecular flexibility index (Phi) is 2.47. The topological polar surface area (TPSA) is 36.9 Å². The zero-order valence-electron chi connectivity index (χ0n) is 8.13. The summed E-state index contributed by atoms with van der Waals surface area (Å²) >= 11 is 7.44. The lowest BCUT2D eigenvalue weighted by molar-refractivity contribution is -0.183. The highest BCUT2D eigenvalue weighted by Gasteiger charge is 2.86. The van der Waals surface area contributed by atoms with Crippen LogP contribution < -0.4 is 0 Å². The SMILES string of the molecule is BrC1(Br)C2(COCOC2)C12COCOC2. The minimum Gasteiger partial charge on any atom is -0.355 e. The van der Waals surface area contributed by atoms with Gasteiger partial charge < -0.3 is 18.9 Å². The van der Waals surface area contributed by atoms with E-state index >= 15 is 0 Å². The Morgan fingerprint density at radius 3 is 1.33 bits per heavy atom. The molecule has 0 radical (unpaired) electrons. The monoisotopic (exact) mass is 342 g/mol. The summed E-state index contributed by atoms with van der Waals surface area (Å²) in [6.45, 7) is 3.48. The lowest BCUT2D eigenvalue weighted by Crippen LogP contribution is -2.38. The zero-order chi connectivity index (χ0) is 10.6. The molecular weight excluding hydrogens is 332 g/mol. The third-order valence-corrected chi connectivity index (χ3v) is 6.82. The first-order chi connectivity index (χ1) is 7.16. The van der Waals surface area contributed by atoms with Crippen molar-refractivity contribution in [2.24, 2.45) is 10.8 Å². The molecule has 0 aromatic rings. The Morgan fingerprint density at radius 2 is 1.00 bits per heavy atom. The van der Waals surface area contributed by atoms with Crippen LogP contribution in [0.25, 0.3) is 0 Å². The van der Waals surface area contributed by atoms with Gasteiger partial charge in [0.25, 0.3) is 0 Å². The molecule has 0 N–H and O–H groups in total. The van der Waals surface area contributed by atoms with Gasteiger partial charge in [-0.1, -0.05) is 31.9 Å². The van der Waals surface area contributed by atoms with Gasteiger partial charge in [-0.15, -0.1) is 0 Å². The molecule has 0 amide bonds. The summed E-state index contributed by atoms with van der Waals surface area (Å²) in [5.41, 5.74) is -0.142. The standard InChI is InChI=1S/C9H12Br2O4/c10-9(11)7(1-12-5-13-2-7)8(9)3-14-6-15-4-8/h1-6H2. The number of hydrogen-bond acceptors (Lipinski definition) is 4. The number of rotatable bonds is 0. The van der Waals surface area contributed by atoms with E-state index in [1.165, 1.54) is 0 Å². The molecule has 15 heavy (non-hydrogen) atoms. The lowest BCUT2D eigenvalue weighted by atomic mass is 9.94. The molecule has 6 heteroatoms. The molecule has 0 bridgehead atoms. The van der Waals surface area contributed by atoms with E-state index in [0.29, 0.717) is 40.0 Å². The summed E-state index contributed by atoms with van der Waals surface area (Å²) in [5.74, 6) is 0. The second-order valence-electron chi connectivity index (χ2n) is 4.37. The molecule has 2 heterocycles. The maximum atomic E-state index is 5.42. The highest BCUT2D eigenvalue weighted by molar-refractivity contribution is 9.25. The maximum absolute atomic E-state index is 5.42. The molecule has 1 saturated carbocycles. The molecular formula is C9H12Br2O4. The van der Waals surface area contributed by atoms with Crippen LogP contribution in [0.15, 0.2) is 0 Å². The van der Waals surface area contributed by atoms with Gasteiger partial charge in [0.2, 0.25) is 0 Å². The van der Waals surface area contributed by atoms with Crippen LogP contribution in [-0.2, 0) is 18.9 Å². The number of hydrogen-bond donors (Lipinski definition) is 0. The first-order valence-corrected chi connectivity index (χ1v) is 6.44. The summed E-state index contributed by atoms with van der Waals surface area (Å²) in [6.07, 6.45) is 0. The van der Waals surface area contributed by atoms with Crippen molar-refractivity contribution in [3.8, 4) is 0 Å². The Balaban J connectivity index is 1.90. The molecule has 3 fully saturated rings. The molecule has 4 nitrogen and oxygen atoms in total. The molecule has 2 aliphatic heterocycles. The van der Waals surface area contributed by atoms with Gasteiger partial charge in [-0.3, -0.25) is 0 Å². The molecule has 3 rings (SSSR count). The molecule has 3 aliphatic rings. The van der Waals surface area contributed by atoms with E-state index in [-0.39, 0.29) is 14.1 Å². The van der Waals surface area contributed by atoms with E-state index < -0.39 is 0 Å². The fourth-order valence-electron chi connectivity index (χ4n) is 2.72. The van der Waals surface area contributed by atoms with E-state index in [1.807, 2.05) is 0 Å². The fraction of sp³-hybridized carbons (Fsp3) is 1.00. The van der Waals surface area contributed by atoms with Crippen LogP contribution in [0.3, 0.4) is 0 Å². The van der Waals surface area contributed by atoms with Crippen molar-refractivity contribution in [2.75, 3.05) is 40.0 Å². The Bertz CT molecular complexity index is 243. The molecule has 1 aliphatic carbocycles. The second-order valence-corrected chi connectivity index (χ2v) is 7.81. The Hall–Kier alpha value is 0.800. The van der Waals surface area contributed by atoms with Gasteiger partial charge in [-0.05, 0) is 0 Å². The largest absolute Gasteiger partial charge is 0.355 e. The smallest absolute Gasteiger partial charge is 0.146 e. The van der Waals surface area contributed by atoms with Crippen molar-refractivity contribution in [3.63, 3.8) is 0 Å². The quantitative estimate of drug-likeness (QED) is 0.624. The van der Waals surface area contributed by atoms with Crippen LogP contribution in [0.5, 0.6) is 0 Å².